The predicted octanol–water partition coefficient (Wildman–Crippen LogP) is 11.3. The van der Waals surface area contributed by atoms with Crippen molar-refractivity contribution in [2.45, 2.75) is 92.4 Å². The monoisotopic (exact) mass is 1080 g/mol. The van der Waals surface area contributed by atoms with Crippen molar-refractivity contribution in [3.05, 3.63) is 195 Å². The fraction of sp³-hybridized carbons (Fsp3) is 0.324. The van der Waals surface area contributed by atoms with Crippen molar-refractivity contribution < 1.29 is 44.8 Å². The number of para-hydroxylation sites is 1. The van der Waals surface area contributed by atoms with Gasteiger partial charge in [0.2, 0.25) is 0 Å². The van der Waals surface area contributed by atoms with Crippen LogP contribution < -0.4 is 14.2 Å². The lowest BCUT2D eigenvalue weighted by molar-refractivity contribution is 0.285. The van der Waals surface area contributed by atoms with E-state index in [9.17, 15) is 0 Å². The third kappa shape index (κ3) is 35.3. The van der Waals surface area contributed by atoms with E-state index in [4.69, 9.17) is 44.8 Å². The van der Waals surface area contributed by atoms with Gasteiger partial charge in [-0.2, -0.15) is 0 Å². The van der Waals surface area contributed by atoms with Crippen molar-refractivity contribution in [2.75, 3.05) is 61.0 Å². The molecule has 0 amide bonds. The molecule has 0 fully saturated rings. The quantitative estimate of drug-likeness (QED) is 0.0520. The molecule has 0 aliphatic heterocycles. The maximum Gasteiger partial charge on any atom is 0.134 e. The van der Waals surface area contributed by atoms with E-state index in [2.05, 4.69) is 135 Å². The van der Waals surface area contributed by atoms with E-state index in [-0.39, 0.29) is 39.6 Å². The minimum atomic E-state index is 0.0994. The highest BCUT2D eigenvalue weighted by atomic mass is 16.5. The summed E-state index contributed by atoms with van der Waals surface area (Å²) in [6.07, 6.45) is 6.30. The Morgan fingerprint density at radius 2 is 0.762 bits per heavy atom. The van der Waals surface area contributed by atoms with Crippen molar-refractivity contribution in [2.24, 2.45) is 0 Å². The fourth-order valence-electron chi connectivity index (χ4n) is 6.18. The Labute approximate surface area is 479 Å². The van der Waals surface area contributed by atoms with Crippen LogP contribution in [0.2, 0.25) is 0 Å². The number of rotatable bonds is 12. The zero-order valence-corrected chi connectivity index (χ0v) is 48.2. The molecule has 420 valence electrons. The Kier molecular flexibility index (Phi) is 40.9. The Morgan fingerprint density at radius 3 is 1.26 bits per heavy atom. The van der Waals surface area contributed by atoms with E-state index >= 15 is 0 Å². The Hall–Kier alpha value is -8.16. The third-order valence-corrected chi connectivity index (χ3v) is 10.6. The van der Waals surface area contributed by atoms with Crippen LogP contribution in [0.25, 0.3) is 0 Å². The summed E-state index contributed by atoms with van der Waals surface area (Å²) in [5.41, 5.74) is 12.0. The second kappa shape index (κ2) is 46.9. The molecule has 0 radical (unpaired) electrons. The average molecular weight is 1080 g/mol. The van der Waals surface area contributed by atoms with Crippen LogP contribution in [0.1, 0.15) is 119 Å². The summed E-state index contributed by atoms with van der Waals surface area (Å²) in [5, 5.41) is 51.3. The number of unbranched alkanes of at least 4 members (excludes halogenated alkanes) is 3. The van der Waals surface area contributed by atoms with Crippen LogP contribution >= 0.6 is 0 Å². The topological polar surface area (TPSA) is 149 Å². The van der Waals surface area contributed by atoms with Crippen molar-refractivity contribution in [1.29, 1.82) is 0 Å². The lowest BCUT2D eigenvalue weighted by Crippen LogP contribution is -1.86. The normalized spacial score (nSPS) is 9.03. The van der Waals surface area contributed by atoms with Crippen LogP contribution in [-0.4, -0.2) is 91.6 Å². The molecule has 9 heteroatoms. The molecule has 0 saturated heterocycles. The summed E-state index contributed by atoms with van der Waals surface area (Å²) >= 11 is 0. The van der Waals surface area contributed by atoms with Crippen LogP contribution in [-0.2, 0) is 0 Å². The second-order valence-electron chi connectivity index (χ2n) is 17.4. The number of hydrogen-bond donors (Lipinski definition) is 6. The number of hydrogen-bond acceptors (Lipinski definition) is 9. The zero-order chi connectivity index (χ0) is 58.9. The van der Waals surface area contributed by atoms with Crippen LogP contribution in [0, 0.1) is 106 Å². The minimum absolute atomic E-state index is 0.0994. The summed E-state index contributed by atoms with van der Waals surface area (Å²) in [6, 6.07) is 43.4. The van der Waals surface area contributed by atoms with Crippen LogP contribution in [0.3, 0.4) is 0 Å². The first kappa shape index (κ1) is 69.9. The number of benzene rings is 6. The lowest BCUT2D eigenvalue weighted by atomic mass is 10.1. The van der Waals surface area contributed by atoms with Crippen molar-refractivity contribution in [3.63, 3.8) is 0 Å². The molecular weight excluding hydrogens is 997 g/mol. The second-order valence-corrected chi connectivity index (χ2v) is 17.4. The van der Waals surface area contributed by atoms with Gasteiger partial charge in [0.05, 0.1) is 53.3 Å². The van der Waals surface area contributed by atoms with Gasteiger partial charge in [-0.05, 0) is 156 Å². The predicted molar refractivity (Wildman–Crippen MR) is 327 cm³/mol. The summed E-state index contributed by atoms with van der Waals surface area (Å²) in [6.45, 7) is 11.2. The van der Waals surface area contributed by atoms with Gasteiger partial charge in [0.1, 0.15) is 17.2 Å². The van der Waals surface area contributed by atoms with Gasteiger partial charge in [-0.3, -0.25) is 0 Å². The van der Waals surface area contributed by atoms with E-state index in [1.807, 2.05) is 104 Å². The number of ether oxygens (including phenoxy) is 3. The van der Waals surface area contributed by atoms with Gasteiger partial charge in [-0.1, -0.05) is 131 Å². The summed E-state index contributed by atoms with van der Waals surface area (Å²) in [7, 11) is 4.88. The van der Waals surface area contributed by atoms with Crippen molar-refractivity contribution >= 4 is 0 Å². The van der Waals surface area contributed by atoms with Gasteiger partial charge in [0, 0.05) is 79.6 Å². The Balaban J connectivity index is 0.000000480. The highest BCUT2D eigenvalue weighted by Gasteiger charge is 1.97. The van der Waals surface area contributed by atoms with E-state index in [0.29, 0.717) is 25.7 Å². The molecule has 0 unspecified atom stereocenters. The maximum absolute atomic E-state index is 8.57. The molecule has 6 rings (SSSR count). The molecule has 0 heterocycles. The molecule has 0 aliphatic carbocycles. The molecule has 6 aromatic rings. The lowest BCUT2D eigenvalue weighted by Gasteiger charge is -2.01. The molecule has 6 aromatic carbocycles. The Morgan fingerprint density at radius 1 is 0.312 bits per heavy atom. The molecule has 0 aliphatic rings. The fourth-order valence-corrected chi connectivity index (χ4v) is 6.18. The highest BCUT2D eigenvalue weighted by molar-refractivity contribution is 5.46. The van der Waals surface area contributed by atoms with E-state index < -0.39 is 0 Å². The first-order valence-electron chi connectivity index (χ1n) is 26.6. The standard InChI is InChI=1S/C13H16O.C12H14O2.2C12H14O.2C11H12O2/c1-12-7-9-13(10-8-12)6-4-2-3-5-11-14;1-10-7-11(5-3-4-6-13)9-12(8-10)14-2;1-10-6-7-12(9-11(10)2)5-3-4-8-13;1-11-6-8-12(9-7-11)5-3-2-4-10-13;1-13-11-8-3-2-6-10(11)7-4-5-9-12;1-13-11-7-4-6-10(9-11)5-2-3-8-12/h7-10,14H,2-3,5,11H2,1H3;7-9,13H,4,6H2,1-2H3;6-7,9,13H,4,8H2,1-2H3;6-9,13H,2,4,10H2,1H3;2-3,6,8,12H,5,9H2,1H3;4,6-7,9,12H,3,8H2,1H3. The average Bonchev–Trinajstić information content (AvgIpc) is 3.47. The van der Waals surface area contributed by atoms with Crippen LogP contribution in [0.15, 0.2) is 133 Å². The van der Waals surface area contributed by atoms with E-state index in [1.54, 1.807) is 21.3 Å². The smallest absolute Gasteiger partial charge is 0.134 e. The summed E-state index contributed by atoms with van der Waals surface area (Å²) < 4.78 is 15.3. The number of aryl methyl sites for hydroxylation is 5. The third-order valence-electron chi connectivity index (χ3n) is 10.6. The van der Waals surface area contributed by atoms with Gasteiger partial charge in [0.25, 0.3) is 0 Å². The van der Waals surface area contributed by atoms with Gasteiger partial charge in [-0.25, -0.2) is 0 Å². The summed E-state index contributed by atoms with van der Waals surface area (Å²) in [5.74, 6) is 37.9. The SMILES string of the molecule is COc1cc(C)cc(C#CCCO)c1.COc1cccc(C#CCCO)c1.COc1ccccc1C#CCCO.Cc1ccc(C#CCCCCO)cc1.Cc1ccc(C#CCCCO)cc1.Cc1ccc(C#CCCO)cc1C. The highest BCUT2D eigenvalue weighted by Crippen LogP contribution is 2.17. The van der Waals surface area contributed by atoms with Gasteiger partial charge in [-0.15, -0.1) is 0 Å². The molecular formula is C71H82O9. The minimum Gasteiger partial charge on any atom is -0.497 e. The van der Waals surface area contributed by atoms with E-state index in [1.165, 1.54) is 22.3 Å². The first-order chi connectivity index (χ1) is 38.9. The van der Waals surface area contributed by atoms with Gasteiger partial charge >= 0.3 is 0 Å². The molecule has 0 bridgehead atoms. The molecule has 0 atom stereocenters. The van der Waals surface area contributed by atoms with Crippen molar-refractivity contribution in [1.82, 2.24) is 0 Å². The maximum atomic E-state index is 8.57. The number of aliphatic hydroxyl groups excluding tert-OH is 6. The van der Waals surface area contributed by atoms with Gasteiger partial charge in [0.15, 0.2) is 0 Å². The van der Waals surface area contributed by atoms with Crippen LogP contribution in [0.4, 0.5) is 0 Å². The zero-order valence-electron chi connectivity index (χ0n) is 48.2. The molecule has 0 spiro atoms. The molecule has 0 aromatic heterocycles. The molecule has 0 saturated carbocycles. The number of aliphatic hydroxyl groups is 6. The Bertz CT molecular complexity index is 3030. The van der Waals surface area contributed by atoms with Gasteiger partial charge < -0.3 is 44.8 Å². The molecule has 9 nitrogen and oxygen atoms in total. The van der Waals surface area contributed by atoms with Crippen LogP contribution in [0.5, 0.6) is 17.2 Å². The number of methoxy groups -OCH3 is 3. The largest absolute Gasteiger partial charge is 0.497 e. The molecule has 80 heavy (non-hydrogen) atoms. The first-order valence-corrected chi connectivity index (χ1v) is 26.6. The van der Waals surface area contributed by atoms with Crippen molar-refractivity contribution in [3.8, 4) is 88.3 Å². The summed E-state index contributed by atoms with van der Waals surface area (Å²) in [4.78, 5) is 0. The van der Waals surface area contributed by atoms with E-state index in [0.717, 1.165) is 88.3 Å². The molecule has 6 N–H and O–H groups in total.